The van der Waals surface area contributed by atoms with Crippen LogP contribution in [0.2, 0.25) is 10.0 Å². The van der Waals surface area contributed by atoms with Gasteiger partial charge < -0.3 is 14.8 Å². The molecule has 5 heteroatoms. The molecular weight excluding hydrogens is 405 g/mol. The van der Waals surface area contributed by atoms with Crippen LogP contribution in [0.1, 0.15) is 59.1 Å². The highest BCUT2D eigenvalue weighted by atomic mass is 35.5. The lowest BCUT2D eigenvalue weighted by molar-refractivity contribution is 0.240. The highest BCUT2D eigenvalue weighted by Gasteiger charge is 2.25. The van der Waals surface area contributed by atoms with Gasteiger partial charge in [-0.05, 0) is 68.0 Å². The Morgan fingerprint density at radius 1 is 0.931 bits per heavy atom. The first-order valence-electron chi connectivity index (χ1n) is 10.1. The van der Waals surface area contributed by atoms with Crippen molar-refractivity contribution in [2.24, 2.45) is 5.41 Å². The summed E-state index contributed by atoms with van der Waals surface area (Å²) in [5, 5.41) is 4.87. The Bertz CT molecular complexity index is 813. The molecule has 0 bridgehead atoms. The minimum Gasteiger partial charge on any atom is -0.490 e. The summed E-state index contributed by atoms with van der Waals surface area (Å²) in [6.45, 7) is 14.8. The summed E-state index contributed by atoms with van der Waals surface area (Å²) in [4.78, 5) is 0. The minimum atomic E-state index is 0.0122. The molecule has 0 aliphatic heterocycles. The largest absolute Gasteiger partial charge is 0.490 e. The Morgan fingerprint density at radius 2 is 1.66 bits per heavy atom. The average Bonchev–Trinajstić information content (AvgIpc) is 2.58. The van der Waals surface area contributed by atoms with Gasteiger partial charge in [0.25, 0.3) is 0 Å². The fraction of sp³-hybridized carbons (Fsp3) is 0.500. The molecule has 0 aliphatic carbocycles. The van der Waals surface area contributed by atoms with Gasteiger partial charge in [-0.2, -0.15) is 0 Å². The third-order valence-corrected chi connectivity index (χ3v) is 4.90. The third-order valence-electron chi connectivity index (χ3n) is 4.38. The van der Waals surface area contributed by atoms with Gasteiger partial charge in [0.1, 0.15) is 6.61 Å². The maximum absolute atomic E-state index is 6.57. The SMILES string of the molecule is CCOc1cc(CNC(C)(C)CC(C)(C)C)cc(Cl)c1OCc1cccc(Cl)c1. The van der Waals surface area contributed by atoms with E-state index in [4.69, 9.17) is 32.7 Å². The van der Waals surface area contributed by atoms with E-state index in [1.807, 2.05) is 43.3 Å². The molecule has 0 unspecified atom stereocenters. The van der Waals surface area contributed by atoms with Crippen LogP contribution in [0.15, 0.2) is 36.4 Å². The molecule has 0 aromatic heterocycles. The van der Waals surface area contributed by atoms with Crippen LogP contribution in [-0.4, -0.2) is 12.1 Å². The van der Waals surface area contributed by atoms with E-state index >= 15 is 0 Å². The first kappa shape index (κ1) is 23.9. The fourth-order valence-corrected chi connectivity index (χ4v) is 4.14. The quantitative estimate of drug-likeness (QED) is 0.446. The van der Waals surface area contributed by atoms with Gasteiger partial charge >= 0.3 is 0 Å². The van der Waals surface area contributed by atoms with Gasteiger partial charge in [-0.1, -0.05) is 56.1 Å². The summed E-state index contributed by atoms with van der Waals surface area (Å²) < 4.78 is 11.8. The van der Waals surface area contributed by atoms with Crippen molar-refractivity contribution in [1.29, 1.82) is 0 Å². The average molecular weight is 438 g/mol. The van der Waals surface area contributed by atoms with Crippen molar-refractivity contribution >= 4 is 23.2 Å². The van der Waals surface area contributed by atoms with Crippen LogP contribution >= 0.6 is 23.2 Å². The van der Waals surface area contributed by atoms with Gasteiger partial charge in [-0.25, -0.2) is 0 Å². The van der Waals surface area contributed by atoms with Crippen molar-refractivity contribution < 1.29 is 9.47 Å². The number of nitrogens with one attached hydrogen (secondary N) is 1. The van der Waals surface area contributed by atoms with Gasteiger partial charge in [-0.3, -0.25) is 0 Å². The normalized spacial score (nSPS) is 12.1. The summed E-state index contributed by atoms with van der Waals surface area (Å²) in [5.41, 5.74) is 2.31. The van der Waals surface area contributed by atoms with Gasteiger partial charge in [-0.15, -0.1) is 0 Å². The lowest BCUT2D eigenvalue weighted by atomic mass is 9.82. The monoisotopic (exact) mass is 437 g/mol. The summed E-state index contributed by atoms with van der Waals surface area (Å²) in [6.07, 6.45) is 1.06. The molecule has 3 nitrogen and oxygen atoms in total. The van der Waals surface area contributed by atoms with E-state index in [1.54, 1.807) is 0 Å². The first-order chi connectivity index (χ1) is 13.5. The molecule has 1 N–H and O–H groups in total. The Balaban J connectivity index is 2.14. The molecular formula is C24H33Cl2NO2. The van der Waals surface area contributed by atoms with Crippen LogP contribution in [-0.2, 0) is 13.2 Å². The third kappa shape index (κ3) is 8.08. The van der Waals surface area contributed by atoms with Gasteiger partial charge in [0.15, 0.2) is 11.5 Å². The van der Waals surface area contributed by atoms with E-state index in [0.29, 0.717) is 41.3 Å². The molecule has 2 rings (SSSR count). The van der Waals surface area contributed by atoms with E-state index in [1.165, 1.54) is 0 Å². The van der Waals surface area contributed by atoms with Crippen molar-refractivity contribution in [2.75, 3.05) is 6.61 Å². The number of ether oxygens (including phenoxy) is 2. The number of hydrogen-bond donors (Lipinski definition) is 1. The Labute approximate surface area is 185 Å². The summed E-state index contributed by atoms with van der Waals surface area (Å²) in [6, 6.07) is 11.5. The van der Waals surface area contributed by atoms with Crippen LogP contribution in [0.25, 0.3) is 0 Å². The molecule has 160 valence electrons. The van der Waals surface area contributed by atoms with E-state index in [-0.39, 0.29) is 11.0 Å². The van der Waals surface area contributed by atoms with E-state index in [0.717, 1.165) is 17.5 Å². The number of benzene rings is 2. The molecule has 0 fully saturated rings. The maximum Gasteiger partial charge on any atom is 0.180 e. The summed E-state index contributed by atoms with van der Waals surface area (Å²) in [5.74, 6) is 1.22. The number of hydrogen-bond acceptors (Lipinski definition) is 3. The Hall–Kier alpha value is -1.42. The lowest BCUT2D eigenvalue weighted by Crippen LogP contribution is -2.41. The zero-order valence-electron chi connectivity index (χ0n) is 18.4. The van der Waals surface area contributed by atoms with Crippen molar-refractivity contribution in [3.8, 4) is 11.5 Å². The smallest absolute Gasteiger partial charge is 0.180 e. The zero-order valence-corrected chi connectivity index (χ0v) is 19.9. The molecule has 0 atom stereocenters. The number of rotatable bonds is 9. The van der Waals surface area contributed by atoms with Gasteiger partial charge in [0.2, 0.25) is 0 Å². The Morgan fingerprint density at radius 3 is 2.28 bits per heavy atom. The minimum absolute atomic E-state index is 0.0122. The van der Waals surface area contributed by atoms with Crippen LogP contribution in [0.4, 0.5) is 0 Å². The van der Waals surface area contributed by atoms with Crippen LogP contribution in [0.5, 0.6) is 11.5 Å². The van der Waals surface area contributed by atoms with E-state index < -0.39 is 0 Å². The second kappa shape index (κ2) is 10.1. The predicted molar refractivity (Wildman–Crippen MR) is 123 cm³/mol. The topological polar surface area (TPSA) is 30.5 Å². The molecule has 0 aliphatic rings. The van der Waals surface area contributed by atoms with E-state index in [9.17, 15) is 0 Å². The van der Waals surface area contributed by atoms with Crippen molar-refractivity contribution in [1.82, 2.24) is 5.32 Å². The molecule has 29 heavy (non-hydrogen) atoms. The molecule has 0 amide bonds. The molecule has 0 spiro atoms. The zero-order chi connectivity index (χ0) is 21.7. The van der Waals surface area contributed by atoms with Crippen LogP contribution in [0.3, 0.4) is 0 Å². The fourth-order valence-electron chi connectivity index (χ4n) is 3.64. The van der Waals surface area contributed by atoms with E-state index in [2.05, 4.69) is 39.9 Å². The van der Waals surface area contributed by atoms with Gasteiger partial charge in [0.05, 0.1) is 11.6 Å². The standard InChI is InChI=1S/C24H33Cl2NO2/c1-7-28-21-13-18(14-27-24(5,6)16-23(2,3)4)12-20(26)22(21)29-15-17-9-8-10-19(25)11-17/h8-13,27H,7,14-16H2,1-6H3. The summed E-state index contributed by atoms with van der Waals surface area (Å²) >= 11 is 12.6. The molecule has 0 radical (unpaired) electrons. The van der Waals surface area contributed by atoms with Crippen molar-refractivity contribution in [3.63, 3.8) is 0 Å². The highest BCUT2D eigenvalue weighted by Crippen LogP contribution is 2.37. The molecule has 0 heterocycles. The second-order valence-corrected chi connectivity index (χ2v) is 10.1. The highest BCUT2D eigenvalue weighted by molar-refractivity contribution is 6.32. The number of halogens is 2. The second-order valence-electron chi connectivity index (χ2n) is 9.23. The van der Waals surface area contributed by atoms with Crippen molar-refractivity contribution in [2.45, 2.75) is 66.7 Å². The first-order valence-corrected chi connectivity index (χ1v) is 10.8. The molecule has 0 saturated heterocycles. The predicted octanol–water partition coefficient (Wildman–Crippen LogP) is 7.28. The van der Waals surface area contributed by atoms with Crippen molar-refractivity contribution in [3.05, 3.63) is 57.6 Å². The lowest BCUT2D eigenvalue weighted by Gasteiger charge is -2.33. The maximum atomic E-state index is 6.57. The molecule has 2 aromatic rings. The van der Waals surface area contributed by atoms with Crippen LogP contribution in [0, 0.1) is 5.41 Å². The molecule has 2 aromatic carbocycles. The summed E-state index contributed by atoms with van der Waals surface area (Å²) in [7, 11) is 0. The van der Waals surface area contributed by atoms with Gasteiger partial charge in [0, 0.05) is 17.1 Å². The Kier molecular flexibility index (Phi) is 8.28. The van der Waals surface area contributed by atoms with Crippen LogP contribution < -0.4 is 14.8 Å². The molecule has 0 saturated carbocycles.